The van der Waals surface area contributed by atoms with Crippen LogP contribution in [0, 0.1) is 5.92 Å². The summed E-state index contributed by atoms with van der Waals surface area (Å²) in [7, 11) is 0. The van der Waals surface area contributed by atoms with Gasteiger partial charge < -0.3 is 20.4 Å². The fourth-order valence-corrected chi connectivity index (χ4v) is 2.99. The molecule has 130 valence electrons. The molecule has 0 amide bonds. The zero-order valence-electron chi connectivity index (χ0n) is 14.7. The number of anilines is 1. The Morgan fingerprint density at radius 2 is 1.78 bits per heavy atom. The zero-order valence-corrected chi connectivity index (χ0v) is 14.7. The third-order valence-corrected chi connectivity index (χ3v) is 5.16. The summed E-state index contributed by atoms with van der Waals surface area (Å²) in [5.41, 5.74) is 2.47. The fraction of sp³-hybridized carbons (Fsp3) is 0.684. The van der Waals surface area contributed by atoms with Gasteiger partial charge in [0.25, 0.3) is 0 Å². The maximum absolute atomic E-state index is 10.1. The molecule has 0 spiro atoms. The van der Waals surface area contributed by atoms with Gasteiger partial charge in [-0.25, -0.2) is 0 Å². The number of hydrogen-bond donors (Lipinski definition) is 3. The third kappa shape index (κ3) is 5.20. The van der Waals surface area contributed by atoms with Crippen LogP contribution in [0.15, 0.2) is 24.3 Å². The minimum Gasteiger partial charge on any atom is -0.393 e. The first-order valence-electron chi connectivity index (χ1n) is 8.95. The zero-order chi connectivity index (χ0) is 16.8. The van der Waals surface area contributed by atoms with Crippen molar-refractivity contribution >= 4 is 5.69 Å². The molecule has 4 heteroatoms. The topological polar surface area (TPSA) is 55.7 Å². The van der Waals surface area contributed by atoms with E-state index in [1.165, 1.54) is 11.3 Å². The fourth-order valence-electron chi connectivity index (χ4n) is 2.99. The highest BCUT2D eigenvalue weighted by atomic mass is 16.3. The molecule has 4 nitrogen and oxygen atoms in total. The second kappa shape index (κ2) is 8.67. The smallest absolute Gasteiger partial charge is 0.0690 e. The van der Waals surface area contributed by atoms with Crippen molar-refractivity contribution < 1.29 is 10.2 Å². The molecule has 3 N–H and O–H groups in total. The van der Waals surface area contributed by atoms with Crippen LogP contribution in [-0.2, 0) is 0 Å². The predicted octanol–water partition coefficient (Wildman–Crippen LogP) is 2.71. The summed E-state index contributed by atoms with van der Waals surface area (Å²) in [4.78, 5) is 2.33. The van der Waals surface area contributed by atoms with E-state index in [0.717, 1.165) is 32.4 Å². The number of nitrogens with zero attached hydrogens (tertiary/aromatic N) is 1. The lowest BCUT2D eigenvalue weighted by Crippen LogP contribution is -2.35. The van der Waals surface area contributed by atoms with Crippen LogP contribution in [0.1, 0.15) is 51.6 Å². The first-order chi connectivity index (χ1) is 11.0. The van der Waals surface area contributed by atoms with Gasteiger partial charge in [0, 0.05) is 31.4 Å². The number of piperidine rings is 1. The standard InChI is InChI=1S/C19H32N2O2/c1-4-14(2)19(23)13-20-15(3)16-5-7-17(8-6-16)21-11-9-18(22)10-12-21/h5-8,14-15,18-20,22-23H,4,9-13H2,1-3H3. The van der Waals surface area contributed by atoms with Crippen molar-refractivity contribution in [1.29, 1.82) is 0 Å². The van der Waals surface area contributed by atoms with E-state index >= 15 is 0 Å². The highest BCUT2D eigenvalue weighted by molar-refractivity contribution is 5.48. The van der Waals surface area contributed by atoms with Gasteiger partial charge in [-0.15, -0.1) is 0 Å². The van der Waals surface area contributed by atoms with E-state index in [2.05, 4.69) is 55.3 Å². The molecule has 0 saturated carbocycles. The van der Waals surface area contributed by atoms with Crippen molar-refractivity contribution in [1.82, 2.24) is 5.32 Å². The van der Waals surface area contributed by atoms with Gasteiger partial charge in [0.05, 0.1) is 12.2 Å². The van der Waals surface area contributed by atoms with E-state index in [0.29, 0.717) is 12.5 Å². The van der Waals surface area contributed by atoms with Crippen molar-refractivity contribution in [2.45, 2.75) is 58.3 Å². The summed E-state index contributed by atoms with van der Waals surface area (Å²) in [6.45, 7) is 8.80. The Kier molecular flexibility index (Phi) is 6.88. The van der Waals surface area contributed by atoms with Gasteiger partial charge in [-0.2, -0.15) is 0 Å². The van der Waals surface area contributed by atoms with Crippen LogP contribution in [-0.4, -0.2) is 42.1 Å². The number of nitrogens with one attached hydrogen (secondary N) is 1. The highest BCUT2D eigenvalue weighted by Gasteiger charge is 2.18. The van der Waals surface area contributed by atoms with Gasteiger partial charge in [0.1, 0.15) is 0 Å². The summed E-state index contributed by atoms with van der Waals surface area (Å²) in [6, 6.07) is 8.87. The third-order valence-electron chi connectivity index (χ3n) is 5.16. The van der Waals surface area contributed by atoms with Crippen LogP contribution in [0.3, 0.4) is 0 Å². The SMILES string of the molecule is CCC(C)C(O)CNC(C)c1ccc(N2CCC(O)CC2)cc1. The molecular formula is C19H32N2O2. The van der Waals surface area contributed by atoms with Gasteiger partial charge in [0.15, 0.2) is 0 Å². The summed E-state index contributed by atoms with van der Waals surface area (Å²) in [6.07, 6.45) is 2.28. The van der Waals surface area contributed by atoms with Crippen molar-refractivity contribution in [3.63, 3.8) is 0 Å². The largest absolute Gasteiger partial charge is 0.393 e. The lowest BCUT2D eigenvalue weighted by molar-refractivity contribution is 0.110. The van der Waals surface area contributed by atoms with Crippen LogP contribution < -0.4 is 10.2 Å². The average Bonchev–Trinajstić information content (AvgIpc) is 2.59. The van der Waals surface area contributed by atoms with Gasteiger partial charge in [0.2, 0.25) is 0 Å². The molecule has 0 aromatic heterocycles. The van der Waals surface area contributed by atoms with E-state index in [9.17, 15) is 10.2 Å². The summed E-state index contributed by atoms with van der Waals surface area (Å²) >= 11 is 0. The molecule has 1 aromatic rings. The minimum atomic E-state index is -0.290. The summed E-state index contributed by atoms with van der Waals surface area (Å²) < 4.78 is 0. The van der Waals surface area contributed by atoms with Gasteiger partial charge in [-0.05, 0) is 43.4 Å². The molecule has 0 radical (unpaired) electrons. The first-order valence-corrected chi connectivity index (χ1v) is 8.95. The molecule has 3 atom stereocenters. The molecular weight excluding hydrogens is 288 g/mol. The molecule has 1 fully saturated rings. The van der Waals surface area contributed by atoms with Crippen molar-refractivity contribution in [3.05, 3.63) is 29.8 Å². The normalized spacial score (nSPS) is 20.3. The first kappa shape index (κ1) is 18.2. The second-order valence-corrected chi connectivity index (χ2v) is 6.89. The van der Waals surface area contributed by atoms with E-state index in [1.807, 2.05) is 0 Å². The Bertz CT molecular complexity index is 455. The minimum absolute atomic E-state index is 0.133. The van der Waals surface area contributed by atoms with Crippen molar-refractivity contribution in [2.75, 3.05) is 24.5 Å². The van der Waals surface area contributed by atoms with Crippen LogP contribution >= 0.6 is 0 Å². The molecule has 23 heavy (non-hydrogen) atoms. The van der Waals surface area contributed by atoms with Crippen LogP contribution in [0.5, 0.6) is 0 Å². The molecule has 1 saturated heterocycles. The molecule has 2 rings (SSSR count). The lowest BCUT2D eigenvalue weighted by atomic mass is 10.0. The van der Waals surface area contributed by atoms with Gasteiger partial charge in [-0.1, -0.05) is 32.4 Å². The van der Waals surface area contributed by atoms with Crippen LogP contribution in [0.25, 0.3) is 0 Å². The second-order valence-electron chi connectivity index (χ2n) is 6.89. The van der Waals surface area contributed by atoms with Crippen molar-refractivity contribution in [3.8, 4) is 0 Å². The van der Waals surface area contributed by atoms with Gasteiger partial charge >= 0.3 is 0 Å². The number of benzene rings is 1. The van der Waals surface area contributed by atoms with E-state index in [-0.39, 0.29) is 18.2 Å². The molecule has 3 unspecified atom stereocenters. The maximum atomic E-state index is 10.1. The van der Waals surface area contributed by atoms with Crippen LogP contribution in [0.2, 0.25) is 0 Å². The lowest BCUT2D eigenvalue weighted by Gasteiger charge is -2.31. The highest BCUT2D eigenvalue weighted by Crippen LogP contribution is 2.22. The summed E-state index contributed by atoms with van der Waals surface area (Å²) in [5, 5.41) is 23.1. The van der Waals surface area contributed by atoms with E-state index < -0.39 is 0 Å². The van der Waals surface area contributed by atoms with E-state index in [4.69, 9.17) is 0 Å². The monoisotopic (exact) mass is 320 g/mol. The quantitative estimate of drug-likeness (QED) is 0.723. The molecule has 1 aliphatic heterocycles. The predicted molar refractivity (Wildman–Crippen MR) is 95.8 cm³/mol. The number of hydrogen-bond acceptors (Lipinski definition) is 4. The number of aliphatic hydroxyl groups excluding tert-OH is 2. The Hall–Kier alpha value is -1.10. The number of rotatable bonds is 7. The van der Waals surface area contributed by atoms with Crippen LogP contribution in [0.4, 0.5) is 5.69 Å². The van der Waals surface area contributed by atoms with Crippen molar-refractivity contribution in [2.24, 2.45) is 5.92 Å². The maximum Gasteiger partial charge on any atom is 0.0690 e. The number of aliphatic hydroxyl groups is 2. The average molecular weight is 320 g/mol. The Balaban J connectivity index is 1.86. The Morgan fingerprint density at radius 1 is 1.17 bits per heavy atom. The van der Waals surface area contributed by atoms with Gasteiger partial charge in [-0.3, -0.25) is 0 Å². The Labute approximate surface area is 140 Å². The van der Waals surface area contributed by atoms with E-state index in [1.54, 1.807) is 0 Å². The molecule has 1 aliphatic rings. The molecule has 1 aromatic carbocycles. The summed E-state index contributed by atoms with van der Waals surface area (Å²) in [5.74, 6) is 0.325. The molecule has 0 bridgehead atoms. The molecule has 0 aliphatic carbocycles. The Morgan fingerprint density at radius 3 is 2.35 bits per heavy atom. The molecule has 1 heterocycles.